The number of morpholine rings is 1. The topological polar surface area (TPSA) is 84.7 Å². The summed E-state index contributed by atoms with van der Waals surface area (Å²) in [5.41, 5.74) is 1.24. The van der Waals surface area contributed by atoms with Crippen LogP contribution in [0.1, 0.15) is 15.9 Å². The van der Waals surface area contributed by atoms with E-state index in [0.29, 0.717) is 38.4 Å². The lowest BCUT2D eigenvalue weighted by molar-refractivity contribution is -0.385. The molecule has 1 N–H and O–H groups in total. The van der Waals surface area contributed by atoms with Crippen LogP contribution in [0, 0.1) is 15.9 Å². The molecule has 8 heteroatoms. The van der Waals surface area contributed by atoms with E-state index >= 15 is 0 Å². The number of rotatable bonds is 5. The molecule has 7 nitrogen and oxygen atoms in total. The van der Waals surface area contributed by atoms with E-state index in [0.717, 1.165) is 11.6 Å². The van der Waals surface area contributed by atoms with Gasteiger partial charge in [0.2, 0.25) is 0 Å². The highest BCUT2D eigenvalue weighted by Crippen LogP contribution is 2.21. The fourth-order valence-corrected chi connectivity index (χ4v) is 2.72. The molecule has 1 aliphatic rings. The Morgan fingerprint density at radius 3 is 2.69 bits per heavy atom. The summed E-state index contributed by atoms with van der Waals surface area (Å²) >= 11 is 0. The second-order valence-corrected chi connectivity index (χ2v) is 5.88. The summed E-state index contributed by atoms with van der Waals surface area (Å²) in [6.07, 6.45) is 0. The third kappa shape index (κ3) is 4.15. The van der Waals surface area contributed by atoms with Gasteiger partial charge in [-0.2, -0.15) is 0 Å². The average Bonchev–Trinajstić information content (AvgIpc) is 2.67. The average molecular weight is 359 g/mol. The van der Waals surface area contributed by atoms with Crippen molar-refractivity contribution in [1.82, 2.24) is 4.90 Å². The molecule has 1 amide bonds. The van der Waals surface area contributed by atoms with Gasteiger partial charge in [0, 0.05) is 31.3 Å². The van der Waals surface area contributed by atoms with Gasteiger partial charge in [0.1, 0.15) is 0 Å². The van der Waals surface area contributed by atoms with Crippen molar-refractivity contribution in [3.63, 3.8) is 0 Å². The highest BCUT2D eigenvalue weighted by Gasteiger charge is 2.18. The molecular weight excluding hydrogens is 341 g/mol. The van der Waals surface area contributed by atoms with Crippen molar-refractivity contribution in [1.29, 1.82) is 0 Å². The number of carbonyl (C=O) groups is 1. The maximum atomic E-state index is 13.9. The Balaban J connectivity index is 1.67. The van der Waals surface area contributed by atoms with Gasteiger partial charge in [0.25, 0.3) is 11.6 Å². The molecule has 0 atom stereocenters. The van der Waals surface area contributed by atoms with Crippen LogP contribution in [0.25, 0.3) is 0 Å². The van der Waals surface area contributed by atoms with E-state index in [-0.39, 0.29) is 17.3 Å². The van der Waals surface area contributed by atoms with Crippen LogP contribution in [-0.2, 0) is 11.3 Å². The number of amides is 1. The first-order valence-corrected chi connectivity index (χ1v) is 8.18. The molecular formula is C18H18FN3O4. The van der Waals surface area contributed by atoms with Crippen molar-refractivity contribution in [3.8, 4) is 0 Å². The SMILES string of the molecule is O=C(c1cccc(CNc2ccc([N+](=O)[O-])cc2F)c1)N1CCOCC1. The van der Waals surface area contributed by atoms with Gasteiger partial charge in [-0.25, -0.2) is 4.39 Å². The molecule has 0 radical (unpaired) electrons. The van der Waals surface area contributed by atoms with Gasteiger partial charge in [0.15, 0.2) is 5.82 Å². The first-order chi connectivity index (χ1) is 12.5. The standard InChI is InChI=1S/C18H18FN3O4/c19-16-11-15(22(24)25)4-5-17(16)20-12-13-2-1-3-14(10-13)18(23)21-6-8-26-9-7-21/h1-5,10-11,20H,6-9,12H2. The first-order valence-electron chi connectivity index (χ1n) is 8.18. The molecule has 0 spiro atoms. The number of non-ortho nitro benzene ring substituents is 1. The summed E-state index contributed by atoms with van der Waals surface area (Å²) in [6, 6.07) is 10.5. The van der Waals surface area contributed by atoms with Crippen LogP contribution in [0.3, 0.4) is 0 Å². The molecule has 0 aromatic heterocycles. The third-order valence-corrected chi connectivity index (χ3v) is 4.12. The fourth-order valence-electron chi connectivity index (χ4n) is 2.72. The number of hydrogen-bond donors (Lipinski definition) is 1. The molecule has 1 aliphatic heterocycles. The largest absolute Gasteiger partial charge is 0.379 e. The van der Waals surface area contributed by atoms with Gasteiger partial charge < -0.3 is 15.0 Å². The van der Waals surface area contributed by atoms with Crippen LogP contribution in [0.4, 0.5) is 15.8 Å². The quantitative estimate of drug-likeness (QED) is 0.655. The normalized spacial score (nSPS) is 14.1. The molecule has 1 fully saturated rings. The molecule has 0 bridgehead atoms. The lowest BCUT2D eigenvalue weighted by atomic mass is 10.1. The number of benzene rings is 2. The second kappa shape index (κ2) is 7.92. The molecule has 136 valence electrons. The Hall–Kier alpha value is -3.00. The molecule has 0 unspecified atom stereocenters. The monoisotopic (exact) mass is 359 g/mol. The van der Waals surface area contributed by atoms with E-state index in [4.69, 9.17) is 4.74 Å². The molecule has 2 aromatic rings. The van der Waals surface area contributed by atoms with E-state index in [1.165, 1.54) is 12.1 Å². The Kier molecular flexibility index (Phi) is 5.43. The minimum Gasteiger partial charge on any atom is -0.379 e. The fraction of sp³-hybridized carbons (Fsp3) is 0.278. The summed E-state index contributed by atoms with van der Waals surface area (Å²) in [6.45, 7) is 2.49. The summed E-state index contributed by atoms with van der Waals surface area (Å²) in [4.78, 5) is 24.3. The zero-order valence-corrected chi connectivity index (χ0v) is 14.0. The van der Waals surface area contributed by atoms with Gasteiger partial charge in [-0.05, 0) is 23.8 Å². The van der Waals surface area contributed by atoms with Crippen LogP contribution in [-0.4, -0.2) is 42.0 Å². The number of nitro benzene ring substituents is 1. The predicted molar refractivity (Wildman–Crippen MR) is 93.5 cm³/mol. The molecule has 26 heavy (non-hydrogen) atoms. The zero-order chi connectivity index (χ0) is 18.5. The number of halogens is 1. The first kappa shape index (κ1) is 17.8. The van der Waals surface area contributed by atoms with Gasteiger partial charge in [-0.3, -0.25) is 14.9 Å². The molecule has 3 rings (SSSR count). The Labute approximate surface area is 149 Å². The predicted octanol–water partition coefficient (Wildman–Crippen LogP) is 2.82. The van der Waals surface area contributed by atoms with E-state index < -0.39 is 10.7 Å². The van der Waals surface area contributed by atoms with Gasteiger partial charge >= 0.3 is 0 Å². The molecule has 1 heterocycles. The van der Waals surface area contributed by atoms with E-state index in [2.05, 4.69) is 5.32 Å². The Morgan fingerprint density at radius 1 is 1.23 bits per heavy atom. The summed E-state index contributed by atoms with van der Waals surface area (Å²) in [5, 5.41) is 13.5. The maximum Gasteiger partial charge on any atom is 0.272 e. The van der Waals surface area contributed by atoms with Crippen LogP contribution in [0.15, 0.2) is 42.5 Å². The van der Waals surface area contributed by atoms with Crippen molar-refractivity contribution < 1.29 is 18.8 Å². The smallest absolute Gasteiger partial charge is 0.272 e. The maximum absolute atomic E-state index is 13.9. The third-order valence-electron chi connectivity index (χ3n) is 4.12. The minimum atomic E-state index is -0.695. The lowest BCUT2D eigenvalue weighted by Crippen LogP contribution is -2.40. The van der Waals surface area contributed by atoms with Crippen LogP contribution in [0.5, 0.6) is 0 Å². The number of hydrogen-bond acceptors (Lipinski definition) is 5. The van der Waals surface area contributed by atoms with Gasteiger partial charge in [0.05, 0.1) is 29.9 Å². The summed E-state index contributed by atoms with van der Waals surface area (Å²) in [7, 11) is 0. The molecule has 0 saturated carbocycles. The summed E-state index contributed by atoms with van der Waals surface area (Å²) in [5.74, 6) is -0.753. The van der Waals surface area contributed by atoms with E-state index in [9.17, 15) is 19.3 Å². The number of ether oxygens (including phenoxy) is 1. The number of anilines is 1. The van der Waals surface area contributed by atoms with Crippen molar-refractivity contribution in [2.75, 3.05) is 31.6 Å². The van der Waals surface area contributed by atoms with Gasteiger partial charge in [-0.15, -0.1) is 0 Å². The zero-order valence-electron chi connectivity index (χ0n) is 14.0. The highest BCUT2D eigenvalue weighted by atomic mass is 19.1. The van der Waals surface area contributed by atoms with Crippen LogP contribution < -0.4 is 5.32 Å². The Bertz CT molecular complexity index is 822. The molecule has 0 aliphatic carbocycles. The van der Waals surface area contributed by atoms with E-state index in [1.54, 1.807) is 23.1 Å². The number of carbonyl (C=O) groups excluding carboxylic acids is 1. The van der Waals surface area contributed by atoms with Crippen molar-refractivity contribution in [3.05, 3.63) is 69.5 Å². The Morgan fingerprint density at radius 2 is 2.00 bits per heavy atom. The van der Waals surface area contributed by atoms with Crippen LogP contribution >= 0.6 is 0 Å². The van der Waals surface area contributed by atoms with Crippen molar-refractivity contribution >= 4 is 17.3 Å². The number of nitrogens with zero attached hydrogens (tertiary/aromatic N) is 2. The second-order valence-electron chi connectivity index (χ2n) is 5.88. The highest BCUT2D eigenvalue weighted by molar-refractivity contribution is 5.94. The van der Waals surface area contributed by atoms with E-state index in [1.807, 2.05) is 6.07 Å². The number of nitro groups is 1. The number of nitrogens with one attached hydrogen (secondary N) is 1. The summed E-state index contributed by atoms with van der Waals surface area (Å²) < 4.78 is 19.2. The lowest BCUT2D eigenvalue weighted by Gasteiger charge is -2.27. The molecule has 2 aromatic carbocycles. The van der Waals surface area contributed by atoms with Gasteiger partial charge in [-0.1, -0.05) is 12.1 Å². The minimum absolute atomic E-state index is 0.0586. The van der Waals surface area contributed by atoms with Crippen molar-refractivity contribution in [2.45, 2.75) is 6.54 Å². The molecule has 1 saturated heterocycles. The van der Waals surface area contributed by atoms with Crippen LogP contribution in [0.2, 0.25) is 0 Å². The van der Waals surface area contributed by atoms with Crippen molar-refractivity contribution in [2.24, 2.45) is 0 Å².